The number of esters is 1. The molecule has 2 amide bonds. The molecular weight excluding hydrogens is 390 g/mol. The van der Waals surface area contributed by atoms with Gasteiger partial charge in [0.1, 0.15) is 5.03 Å². The summed E-state index contributed by atoms with van der Waals surface area (Å²) in [6.07, 6.45) is 6.28. The number of piperidine rings is 1. The highest BCUT2D eigenvalue weighted by Crippen LogP contribution is 2.41. The van der Waals surface area contributed by atoms with Crippen molar-refractivity contribution in [1.82, 2.24) is 14.8 Å². The minimum Gasteiger partial charge on any atom is -0.450 e. The molecule has 0 bridgehead atoms. The van der Waals surface area contributed by atoms with Crippen LogP contribution < -0.4 is 0 Å². The van der Waals surface area contributed by atoms with Crippen molar-refractivity contribution < 1.29 is 19.1 Å². The lowest BCUT2D eigenvalue weighted by atomic mass is 9.77. The second-order valence-electron chi connectivity index (χ2n) is 8.43. The molecule has 0 unspecified atom stereocenters. The molecule has 0 N–H and O–H groups in total. The molecule has 7 nitrogen and oxygen atoms in total. The third kappa shape index (κ3) is 4.57. The summed E-state index contributed by atoms with van der Waals surface area (Å²) in [5.41, 5.74) is -0.458. The van der Waals surface area contributed by atoms with E-state index in [-0.39, 0.29) is 17.2 Å². The fourth-order valence-electron chi connectivity index (χ4n) is 4.37. The van der Waals surface area contributed by atoms with Crippen LogP contribution in [0.3, 0.4) is 0 Å². The predicted octanol–water partition coefficient (Wildman–Crippen LogP) is 2.60. The van der Waals surface area contributed by atoms with Crippen LogP contribution in [0.1, 0.15) is 50.4 Å². The highest BCUT2D eigenvalue weighted by atomic mass is 32.2. The van der Waals surface area contributed by atoms with E-state index in [9.17, 15) is 14.4 Å². The van der Waals surface area contributed by atoms with Crippen LogP contribution >= 0.6 is 11.8 Å². The number of hydrogen-bond donors (Lipinski definition) is 0. The zero-order valence-corrected chi connectivity index (χ0v) is 18.4. The third-order valence-corrected chi connectivity index (χ3v) is 6.66. The Morgan fingerprint density at radius 3 is 2.34 bits per heavy atom. The zero-order chi connectivity index (χ0) is 21.2. The lowest BCUT2D eigenvalue weighted by molar-refractivity contribution is -0.168. The lowest BCUT2D eigenvalue weighted by Crippen LogP contribution is -2.49. The molecule has 1 spiro atoms. The number of nitrogens with zero attached hydrogens (tertiary/aromatic N) is 3. The van der Waals surface area contributed by atoms with E-state index in [1.165, 1.54) is 18.7 Å². The summed E-state index contributed by atoms with van der Waals surface area (Å²) in [6, 6.07) is 3.63. The van der Waals surface area contributed by atoms with Crippen LogP contribution in [0.25, 0.3) is 0 Å². The van der Waals surface area contributed by atoms with Gasteiger partial charge in [0.15, 0.2) is 5.60 Å². The first-order valence-corrected chi connectivity index (χ1v) is 11.2. The first kappa shape index (κ1) is 21.6. The van der Waals surface area contributed by atoms with Crippen molar-refractivity contribution in [3.05, 3.63) is 23.9 Å². The van der Waals surface area contributed by atoms with Crippen molar-refractivity contribution in [3.63, 3.8) is 0 Å². The van der Waals surface area contributed by atoms with Gasteiger partial charge >= 0.3 is 5.97 Å². The number of rotatable bonds is 4. The average molecular weight is 420 g/mol. The summed E-state index contributed by atoms with van der Waals surface area (Å²) in [5.74, 6) is -0.577. The monoisotopic (exact) mass is 419 g/mol. The molecule has 158 valence electrons. The van der Waals surface area contributed by atoms with Gasteiger partial charge in [-0.25, -0.2) is 4.98 Å². The van der Waals surface area contributed by atoms with Crippen LogP contribution in [0, 0.1) is 5.41 Å². The number of carbonyl (C=O) groups is 3. The summed E-state index contributed by atoms with van der Waals surface area (Å²) in [4.78, 5) is 45.1. The maximum absolute atomic E-state index is 12.9. The van der Waals surface area contributed by atoms with Crippen molar-refractivity contribution in [3.8, 4) is 0 Å². The summed E-state index contributed by atoms with van der Waals surface area (Å²) in [6.45, 7) is 7.27. The summed E-state index contributed by atoms with van der Waals surface area (Å²) >= 11 is 1.48. The molecule has 0 atom stereocenters. The smallest absolute Gasteiger partial charge is 0.303 e. The van der Waals surface area contributed by atoms with E-state index in [1.807, 2.05) is 22.1 Å². The molecule has 2 fully saturated rings. The van der Waals surface area contributed by atoms with E-state index in [0.717, 1.165) is 24.3 Å². The van der Waals surface area contributed by atoms with E-state index in [0.29, 0.717) is 31.7 Å². The van der Waals surface area contributed by atoms with Crippen LogP contribution in [-0.2, 0) is 14.3 Å². The van der Waals surface area contributed by atoms with Crippen LogP contribution in [0.4, 0.5) is 0 Å². The molecule has 8 heteroatoms. The van der Waals surface area contributed by atoms with Crippen molar-refractivity contribution in [2.45, 2.75) is 50.7 Å². The second kappa shape index (κ2) is 8.34. The van der Waals surface area contributed by atoms with Gasteiger partial charge in [-0.05, 0) is 56.9 Å². The normalized spacial score (nSPS) is 18.8. The number of amides is 2. The molecule has 3 heterocycles. The highest BCUT2D eigenvalue weighted by Gasteiger charge is 2.46. The Bertz CT molecular complexity index is 803. The van der Waals surface area contributed by atoms with Crippen LogP contribution in [-0.4, -0.2) is 70.6 Å². The predicted molar refractivity (Wildman–Crippen MR) is 111 cm³/mol. The molecule has 29 heavy (non-hydrogen) atoms. The van der Waals surface area contributed by atoms with Gasteiger partial charge < -0.3 is 14.5 Å². The van der Waals surface area contributed by atoms with Crippen LogP contribution in [0.2, 0.25) is 0 Å². The molecule has 0 aliphatic carbocycles. The number of carbonyl (C=O) groups excluding carboxylic acids is 3. The first-order valence-electron chi connectivity index (χ1n) is 9.95. The van der Waals surface area contributed by atoms with E-state index in [4.69, 9.17) is 4.74 Å². The van der Waals surface area contributed by atoms with Crippen LogP contribution in [0.5, 0.6) is 0 Å². The highest BCUT2D eigenvalue weighted by molar-refractivity contribution is 7.98. The van der Waals surface area contributed by atoms with Gasteiger partial charge in [-0.3, -0.25) is 14.4 Å². The molecule has 3 rings (SSSR count). The Hall–Kier alpha value is -2.09. The van der Waals surface area contributed by atoms with Crippen molar-refractivity contribution in [2.75, 3.05) is 32.4 Å². The minimum atomic E-state index is -1.15. The molecule has 0 aromatic carbocycles. The second-order valence-corrected chi connectivity index (χ2v) is 9.23. The van der Waals surface area contributed by atoms with Gasteiger partial charge in [0.2, 0.25) is 0 Å². The van der Waals surface area contributed by atoms with E-state index < -0.39 is 11.6 Å². The number of likely N-dealkylation sites (tertiary alicyclic amines) is 2. The minimum absolute atomic E-state index is 0.0271. The van der Waals surface area contributed by atoms with E-state index in [2.05, 4.69) is 4.98 Å². The van der Waals surface area contributed by atoms with Crippen LogP contribution in [0.15, 0.2) is 23.4 Å². The molecule has 0 saturated carbocycles. The molecule has 2 saturated heterocycles. The quantitative estimate of drug-likeness (QED) is 0.551. The number of aromatic nitrogens is 1. The zero-order valence-electron chi connectivity index (χ0n) is 17.6. The Morgan fingerprint density at radius 1 is 1.14 bits per heavy atom. The summed E-state index contributed by atoms with van der Waals surface area (Å²) in [5, 5.41) is 0.753. The Kier molecular flexibility index (Phi) is 6.22. The molecule has 1 aromatic rings. The average Bonchev–Trinajstić information content (AvgIpc) is 3.09. The summed E-state index contributed by atoms with van der Waals surface area (Å²) in [7, 11) is 0. The Morgan fingerprint density at radius 2 is 1.76 bits per heavy atom. The molecule has 1 aromatic heterocycles. The van der Waals surface area contributed by atoms with Gasteiger partial charge in [0.25, 0.3) is 11.8 Å². The number of hydrogen-bond acceptors (Lipinski definition) is 6. The van der Waals surface area contributed by atoms with Gasteiger partial charge in [0.05, 0.1) is 5.56 Å². The molecule has 2 aliphatic rings. The van der Waals surface area contributed by atoms with Crippen molar-refractivity contribution in [1.29, 1.82) is 0 Å². The van der Waals surface area contributed by atoms with E-state index >= 15 is 0 Å². The van der Waals surface area contributed by atoms with Crippen molar-refractivity contribution in [2.24, 2.45) is 5.41 Å². The number of pyridine rings is 1. The third-order valence-electron chi connectivity index (χ3n) is 5.95. The number of thioether (sulfide) groups is 1. The van der Waals surface area contributed by atoms with Gasteiger partial charge in [-0.1, -0.05) is 0 Å². The Balaban J connectivity index is 1.61. The van der Waals surface area contributed by atoms with Gasteiger partial charge in [0, 0.05) is 39.3 Å². The molecule has 2 aliphatic heterocycles. The van der Waals surface area contributed by atoms with Gasteiger partial charge in [-0.15, -0.1) is 11.8 Å². The lowest BCUT2D eigenvalue weighted by Gasteiger charge is -2.39. The number of ether oxygens (including phenoxy) is 1. The van der Waals surface area contributed by atoms with Crippen molar-refractivity contribution >= 4 is 29.5 Å². The maximum Gasteiger partial charge on any atom is 0.303 e. The standard InChI is InChI=1S/C21H29N3O4S/c1-15(25)28-20(2,3)19(27)24-13-9-21(14-24)7-11-23(12-8-21)18(26)16-6-5-10-22-17(16)29-4/h5-6,10H,7-9,11-14H2,1-4H3. The molecular formula is C21H29N3O4S. The van der Waals surface area contributed by atoms with Gasteiger partial charge in [-0.2, -0.15) is 0 Å². The SMILES string of the molecule is CSc1ncccc1C(=O)N1CCC2(CC1)CCN(C(=O)C(C)(C)OC(C)=O)C2. The fraction of sp³-hybridized carbons (Fsp3) is 0.619. The molecule has 0 radical (unpaired) electrons. The maximum atomic E-state index is 12.9. The first-order chi connectivity index (χ1) is 13.7. The summed E-state index contributed by atoms with van der Waals surface area (Å²) < 4.78 is 5.22. The largest absolute Gasteiger partial charge is 0.450 e. The topological polar surface area (TPSA) is 79.8 Å². The fourth-order valence-corrected chi connectivity index (χ4v) is 4.91. The Labute approximate surface area is 176 Å². The van der Waals surface area contributed by atoms with E-state index in [1.54, 1.807) is 26.1 Å².